The third kappa shape index (κ3) is 9.01. The summed E-state index contributed by atoms with van der Waals surface area (Å²) < 4.78 is 0. The van der Waals surface area contributed by atoms with Crippen LogP contribution in [0.5, 0.6) is 0 Å². The van der Waals surface area contributed by atoms with Gasteiger partial charge in [0.2, 0.25) is 0 Å². The average Bonchev–Trinajstić information content (AvgIpc) is 0.726. The number of aliphatic hydroxyl groups is 2. The Kier molecular flexibility index (Phi) is 14.4. The van der Waals surface area contributed by atoms with Gasteiger partial charge in [0.05, 0.1) is 11.4 Å². The molecular weight excluding hydrogens is 1200 g/mol. The average molecular weight is 1250 g/mol. The van der Waals surface area contributed by atoms with Gasteiger partial charge in [-0.1, -0.05) is 48.5 Å². The molecule has 8 heterocycles. The van der Waals surface area contributed by atoms with Crippen molar-refractivity contribution in [1.82, 2.24) is 19.8 Å². The van der Waals surface area contributed by atoms with Gasteiger partial charge in [0.25, 0.3) is 70.9 Å². The van der Waals surface area contributed by atoms with Gasteiger partial charge in [-0.2, -0.15) is 0 Å². The zero-order chi connectivity index (χ0) is 65.7. The van der Waals surface area contributed by atoms with Gasteiger partial charge in [-0.25, -0.2) is 29.6 Å². The molecule has 6 aliphatic rings. The first-order valence-corrected chi connectivity index (χ1v) is 29.7. The number of nitrogens with zero attached hydrogens (tertiary/aromatic N) is 8. The number of rotatable bonds is 10. The molecule has 22 nitrogen and oxygen atoms in total. The normalized spacial score (nSPS) is 15.2. The molecule has 8 aromatic carbocycles. The van der Waals surface area contributed by atoms with Crippen LogP contribution in [0.4, 0.5) is 23.0 Å². The molecule has 460 valence electrons. The van der Waals surface area contributed by atoms with Crippen LogP contribution in [0.25, 0.3) is 32.3 Å². The maximum Gasteiger partial charge on any atom is 0.267 e. The van der Waals surface area contributed by atoms with E-state index in [-0.39, 0.29) is 118 Å². The highest BCUT2D eigenvalue weighted by Crippen LogP contribution is 2.43. The van der Waals surface area contributed by atoms with Crippen LogP contribution >= 0.6 is 0 Å². The van der Waals surface area contributed by atoms with Gasteiger partial charge in [-0.15, -0.1) is 0 Å². The number of benzene rings is 8. The van der Waals surface area contributed by atoms with E-state index in [0.29, 0.717) is 55.1 Å². The van der Waals surface area contributed by atoms with Crippen LogP contribution in [0, 0.1) is 13.8 Å². The molecule has 0 bridgehead atoms. The van der Waals surface area contributed by atoms with E-state index in [2.05, 4.69) is 9.97 Å². The highest BCUT2D eigenvalue weighted by molar-refractivity contribution is 6.44. The fourth-order valence-electron chi connectivity index (χ4n) is 12.9. The van der Waals surface area contributed by atoms with Gasteiger partial charge in [-0.05, 0) is 148 Å². The van der Waals surface area contributed by atoms with Crippen molar-refractivity contribution >= 4 is 126 Å². The lowest BCUT2D eigenvalue weighted by atomic mass is 9.85. The van der Waals surface area contributed by atoms with E-state index in [1.165, 1.54) is 48.5 Å². The summed E-state index contributed by atoms with van der Waals surface area (Å²) >= 11 is 0. The number of aromatic nitrogens is 2. The minimum Gasteiger partial charge on any atom is -0.396 e. The number of anilines is 4. The number of imide groups is 6. The van der Waals surface area contributed by atoms with Crippen molar-refractivity contribution < 1.29 is 67.7 Å². The molecule has 0 spiro atoms. The number of carbonyl (C=O) groups excluding carboxylic acids is 12. The molecule has 6 aliphatic heterocycles. The molecule has 0 saturated heterocycles. The molecule has 2 N–H and O–H groups in total. The van der Waals surface area contributed by atoms with E-state index in [0.717, 1.165) is 29.4 Å². The van der Waals surface area contributed by atoms with Gasteiger partial charge in [-0.3, -0.25) is 67.3 Å². The molecule has 22 heteroatoms. The number of aliphatic hydroxyl groups excluding tert-OH is 2. The molecular formula is C72H48N8O14. The number of hydrogen-bond donors (Lipinski definition) is 2. The second-order valence-corrected chi connectivity index (χ2v) is 22.6. The summed E-state index contributed by atoms with van der Waals surface area (Å²) in [4.78, 5) is 173. The number of carbonyl (C=O) groups is 12. The van der Waals surface area contributed by atoms with Crippen LogP contribution in [-0.4, -0.2) is 127 Å². The summed E-state index contributed by atoms with van der Waals surface area (Å²) in [5.74, 6) is -5.72. The lowest BCUT2D eigenvalue weighted by Gasteiger charge is -2.31. The van der Waals surface area contributed by atoms with Gasteiger partial charge in [0.15, 0.2) is 0 Å². The molecule has 0 saturated carbocycles. The smallest absolute Gasteiger partial charge is 0.267 e. The van der Waals surface area contributed by atoms with E-state index in [4.69, 9.17) is 10.2 Å². The van der Waals surface area contributed by atoms with E-state index < -0.39 is 70.9 Å². The number of amides is 12. The molecule has 2 aromatic heterocycles. The van der Waals surface area contributed by atoms with Crippen LogP contribution in [-0.2, 0) is 0 Å². The first-order valence-electron chi connectivity index (χ1n) is 29.7. The lowest BCUT2D eigenvalue weighted by Crippen LogP contribution is -2.44. The Morgan fingerprint density at radius 1 is 0.266 bits per heavy atom. The second kappa shape index (κ2) is 22.8. The maximum absolute atomic E-state index is 13.4. The lowest BCUT2D eigenvalue weighted by molar-refractivity contribution is 0.0579. The van der Waals surface area contributed by atoms with Gasteiger partial charge in [0, 0.05) is 137 Å². The van der Waals surface area contributed by atoms with Gasteiger partial charge in [0.1, 0.15) is 11.6 Å². The predicted octanol–water partition coefficient (Wildman–Crippen LogP) is 9.09. The standard InChI is InChI=1S/C26H16N4O4.C26H14N2O4.C20H18N2O6/c1-13-5-3-7-19(27-13)29-23(31)15-9-11-17-22-18(12-10-16(21(15)22)24(29)32)26(34)30(25(17)33)20-8-4-6-14(2)28-20;29-23-17-11-13-19-22-20(26(32)28(25(19)31)16-9-5-2-6-10-16)14-12-18(21(17)22)24(30)27(23)15-7-3-1-4-8-15;23-9-1-7-21-17(25)11-3-5-13-16-14(6-4-12(15(11)16)18(21)26)20(28)22(19(13)27)8-2-10-24/h3-12H,1-2H3;1-14H;3-6,23-24H,1-2,7-10H2. The van der Waals surface area contributed by atoms with Crippen molar-refractivity contribution in [2.24, 2.45) is 0 Å². The predicted molar refractivity (Wildman–Crippen MR) is 341 cm³/mol. The Labute approximate surface area is 532 Å². The Morgan fingerprint density at radius 3 is 0.713 bits per heavy atom. The van der Waals surface area contributed by atoms with Crippen molar-refractivity contribution in [1.29, 1.82) is 0 Å². The van der Waals surface area contributed by atoms with Crippen molar-refractivity contribution in [2.75, 3.05) is 45.9 Å². The van der Waals surface area contributed by atoms with Crippen LogP contribution < -0.4 is 19.6 Å². The summed E-state index contributed by atoms with van der Waals surface area (Å²) in [7, 11) is 0. The van der Waals surface area contributed by atoms with Crippen molar-refractivity contribution in [3.05, 3.63) is 248 Å². The first kappa shape index (κ1) is 59.2. The third-order valence-electron chi connectivity index (χ3n) is 17.2. The fourth-order valence-corrected chi connectivity index (χ4v) is 12.9. The quantitative estimate of drug-likeness (QED) is 0.121. The second-order valence-electron chi connectivity index (χ2n) is 22.6. The highest BCUT2D eigenvalue weighted by atomic mass is 16.3. The largest absolute Gasteiger partial charge is 0.396 e. The summed E-state index contributed by atoms with van der Waals surface area (Å²) in [6.07, 6.45) is 0.534. The molecule has 0 aliphatic carbocycles. The van der Waals surface area contributed by atoms with Gasteiger partial charge >= 0.3 is 0 Å². The van der Waals surface area contributed by atoms with E-state index in [1.54, 1.807) is 135 Å². The molecule has 16 rings (SSSR count). The summed E-state index contributed by atoms with van der Waals surface area (Å²) in [6, 6.07) is 45.9. The Bertz CT molecular complexity index is 4640. The van der Waals surface area contributed by atoms with Crippen molar-refractivity contribution in [3.63, 3.8) is 0 Å². The van der Waals surface area contributed by atoms with Crippen molar-refractivity contribution in [3.8, 4) is 0 Å². The molecule has 0 unspecified atom stereocenters. The van der Waals surface area contributed by atoms with Crippen LogP contribution in [0.2, 0.25) is 0 Å². The van der Waals surface area contributed by atoms with E-state index >= 15 is 0 Å². The minimum absolute atomic E-state index is 0.0887. The molecule has 10 aromatic rings. The number of hydrogen-bond acceptors (Lipinski definition) is 16. The summed E-state index contributed by atoms with van der Waals surface area (Å²) in [6.45, 7) is 3.42. The van der Waals surface area contributed by atoms with Crippen molar-refractivity contribution in [2.45, 2.75) is 26.7 Å². The van der Waals surface area contributed by atoms with Crippen LogP contribution in [0.1, 0.15) is 149 Å². The molecule has 0 fully saturated rings. The number of pyridine rings is 2. The van der Waals surface area contributed by atoms with Gasteiger partial charge < -0.3 is 10.2 Å². The SMILES string of the molecule is Cc1cccc(N2C(=O)c3ccc4c5c(ccc(c35)C2=O)C(=O)N(c2cccc(C)n2)C4=O)n1.O=C1c2ccc3c4c(ccc(c24)C(=O)N1CCCO)C(=O)N(CCCO)C3=O.O=C1c2ccc3c4c(ccc(c24)C(=O)N1c1ccccc1)C(=O)N(c1ccccc1)C3=O. The summed E-state index contributed by atoms with van der Waals surface area (Å²) in [5, 5.41) is 20.1. The monoisotopic (exact) mass is 1250 g/mol. The highest BCUT2D eigenvalue weighted by Gasteiger charge is 2.44. The maximum atomic E-state index is 13.4. The first-order chi connectivity index (χ1) is 45.4. The zero-order valence-electron chi connectivity index (χ0n) is 49.8. The summed E-state index contributed by atoms with van der Waals surface area (Å²) in [5.41, 5.74) is 5.40. The number of aryl methyl sites for hydroxylation is 2. The molecule has 0 radical (unpaired) electrons. The molecule has 94 heavy (non-hydrogen) atoms. The van der Waals surface area contributed by atoms with E-state index in [1.807, 2.05) is 0 Å². The molecule has 0 atom stereocenters. The molecule has 12 amide bonds. The third-order valence-corrected chi connectivity index (χ3v) is 17.2. The van der Waals surface area contributed by atoms with E-state index in [9.17, 15) is 57.5 Å². The Morgan fingerprint density at radius 2 is 0.489 bits per heavy atom. The zero-order valence-corrected chi connectivity index (χ0v) is 49.8. The van der Waals surface area contributed by atoms with Crippen LogP contribution in [0.3, 0.4) is 0 Å². The van der Waals surface area contributed by atoms with Crippen LogP contribution in [0.15, 0.2) is 170 Å². The topological polar surface area (TPSA) is 291 Å². The Hall–Kier alpha value is -12.4. The Balaban J connectivity index is 0.000000122. The number of para-hydroxylation sites is 2. The fraction of sp³-hybridized carbons (Fsp3) is 0.111. The minimum atomic E-state index is -0.554.